The van der Waals surface area contributed by atoms with Crippen LogP contribution >= 0.6 is 11.6 Å². The highest BCUT2D eigenvalue weighted by Crippen LogP contribution is 2.23. The van der Waals surface area contributed by atoms with E-state index >= 15 is 0 Å². The van der Waals surface area contributed by atoms with Gasteiger partial charge in [0.25, 0.3) is 0 Å². The van der Waals surface area contributed by atoms with Gasteiger partial charge >= 0.3 is 0 Å². The second-order valence-corrected chi connectivity index (χ2v) is 7.05. The summed E-state index contributed by atoms with van der Waals surface area (Å²) in [5.41, 5.74) is 1.70. The van der Waals surface area contributed by atoms with E-state index in [0.29, 0.717) is 18.0 Å². The van der Waals surface area contributed by atoms with Crippen LogP contribution < -0.4 is 5.32 Å². The molecule has 0 aliphatic heterocycles. The average molecular weight is 351 g/mol. The van der Waals surface area contributed by atoms with Crippen LogP contribution in [0.4, 0.5) is 5.69 Å². The third-order valence-electron chi connectivity index (χ3n) is 4.71. The molecule has 1 fully saturated rings. The average Bonchev–Trinajstić information content (AvgIpc) is 2.79. The molecule has 0 atom stereocenters. The maximum absolute atomic E-state index is 12.2. The lowest BCUT2D eigenvalue weighted by atomic mass is 10.1. The number of rotatable bonds is 5. The molecule has 1 aliphatic carbocycles. The van der Waals surface area contributed by atoms with E-state index in [9.17, 15) is 9.59 Å². The molecule has 0 aromatic heterocycles. The molecular formula is C19H27ClN2O2. The number of benzene rings is 1. The maximum Gasteiger partial charge on any atom is 0.226 e. The van der Waals surface area contributed by atoms with E-state index < -0.39 is 0 Å². The minimum absolute atomic E-state index is 0.0670. The summed E-state index contributed by atoms with van der Waals surface area (Å²) in [6.07, 6.45) is 7.26. The van der Waals surface area contributed by atoms with Gasteiger partial charge in [0.05, 0.1) is 0 Å². The van der Waals surface area contributed by atoms with E-state index in [2.05, 4.69) is 5.32 Å². The summed E-state index contributed by atoms with van der Waals surface area (Å²) in [5, 5.41) is 3.57. The number of amides is 2. The Morgan fingerprint density at radius 2 is 1.88 bits per heavy atom. The smallest absolute Gasteiger partial charge is 0.226 e. The Bertz CT molecular complexity index is 581. The van der Waals surface area contributed by atoms with Crippen LogP contribution in [0, 0.1) is 6.92 Å². The van der Waals surface area contributed by atoms with Crippen LogP contribution in [0.1, 0.15) is 57.4 Å². The van der Waals surface area contributed by atoms with Crippen LogP contribution in [0.15, 0.2) is 18.2 Å². The lowest BCUT2D eigenvalue weighted by Crippen LogP contribution is -2.40. The molecule has 0 spiro atoms. The third kappa shape index (κ3) is 5.52. The van der Waals surface area contributed by atoms with Crippen molar-refractivity contribution in [2.45, 2.75) is 64.8 Å². The largest absolute Gasteiger partial charge is 0.339 e. The fraction of sp³-hybridized carbons (Fsp3) is 0.579. The first-order valence-electron chi connectivity index (χ1n) is 8.80. The monoisotopic (exact) mass is 350 g/mol. The number of hydrogen-bond donors (Lipinski definition) is 1. The van der Waals surface area contributed by atoms with Gasteiger partial charge in [-0.25, -0.2) is 0 Å². The van der Waals surface area contributed by atoms with Crippen LogP contribution in [0.25, 0.3) is 0 Å². The molecule has 0 unspecified atom stereocenters. The lowest BCUT2D eigenvalue weighted by molar-refractivity contribution is -0.131. The highest BCUT2D eigenvalue weighted by atomic mass is 35.5. The molecule has 1 N–H and O–H groups in total. The highest BCUT2D eigenvalue weighted by Gasteiger charge is 2.22. The number of halogens is 1. The molecule has 1 aliphatic rings. The summed E-state index contributed by atoms with van der Waals surface area (Å²) < 4.78 is 0. The number of nitrogens with zero attached hydrogens (tertiary/aromatic N) is 1. The Morgan fingerprint density at radius 3 is 2.46 bits per heavy atom. The Hall–Kier alpha value is -1.55. The molecule has 2 rings (SSSR count). The fourth-order valence-corrected chi connectivity index (χ4v) is 3.60. The van der Waals surface area contributed by atoms with Crippen molar-refractivity contribution in [2.75, 3.05) is 11.9 Å². The number of aryl methyl sites for hydroxylation is 1. The molecule has 1 saturated carbocycles. The Kier molecular flexibility index (Phi) is 7.10. The molecule has 0 heterocycles. The standard InChI is InChI=1S/C19H27ClN2O2/c1-14-13-16(20)9-10-18(14)21-19(24)11-12-22(15(2)23)17-7-5-3-4-6-8-17/h9-10,13,17H,3-8,11-12H2,1-2H3,(H,21,24). The van der Waals surface area contributed by atoms with Gasteiger partial charge in [0, 0.05) is 36.6 Å². The molecule has 0 bridgehead atoms. The van der Waals surface area contributed by atoms with Gasteiger partial charge in [0.1, 0.15) is 0 Å². The molecule has 24 heavy (non-hydrogen) atoms. The fourth-order valence-electron chi connectivity index (χ4n) is 3.37. The van der Waals surface area contributed by atoms with Crippen LogP contribution in [-0.2, 0) is 9.59 Å². The lowest BCUT2D eigenvalue weighted by Gasteiger charge is -2.30. The molecule has 4 nitrogen and oxygen atoms in total. The highest BCUT2D eigenvalue weighted by molar-refractivity contribution is 6.30. The van der Waals surface area contributed by atoms with Crippen molar-refractivity contribution >= 4 is 29.1 Å². The van der Waals surface area contributed by atoms with Gasteiger partial charge in [-0.1, -0.05) is 37.3 Å². The predicted octanol–water partition coefficient (Wildman–Crippen LogP) is 4.55. The van der Waals surface area contributed by atoms with E-state index in [0.717, 1.165) is 24.1 Å². The summed E-state index contributed by atoms with van der Waals surface area (Å²) in [7, 11) is 0. The third-order valence-corrected chi connectivity index (χ3v) is 4.95. The molecule has 0 saturated heterocycles. The topological polar surface area (TPSA) is 49.4 Å². The molecule has 5 heteroatoms. The van der Waals surface area contributed by atoms with Crippen LogP contribution in [0.3, 0.4) is 0 Å². The van der Waals surface area contributed by atoms with Crippen molar-refractivity contribution in [3.8, 4) is 0 Å². The van der Waals surface area contributed by atoms with Gasteiger partial charge < -0.3 is 10.2 Å². The number of nitrogens with one attached hydrogen (secondary N) is 1. The zero-order chi connectivity index (χ0) is 17.5. The van der Waals surface area contributed by atoms with E-state index in [1.165, 1.54) is 25.7 Å². The first kappa shape index (κ1) is 18.8. The zero-order valence-corrected chi connectivity index (χ0v) is 15.4. The predicted molar refractivity (Wildman–Crippen MR) is 98.3 cm³/mol. The quantitative estimate of drug-likeness (QED) is 0.792. The van der Waals surface area contributed by atoms with Crippen LogP contribution in [-0.4, -0.2) is 29.3 Å². The van der Waals surface area contributed by atoms with Crippen molar-refractivity contribution in [3.63, 3.8) is 0 Å². The van der Waals surface area contributed by atoms with Gasteiger partial charge in [0.15, 0.2) is 0 Å². The van der Waals surface area contributed by atoms with Crippen molar-refractivity contribution in [1.82, 2.24) is 4.90 Å². The molecule has 0 radical (unpaired) electrons. The van der Waals surface area contributed by atoms with Crippen molar-refractivity contribution in [1.29, 1.82) is 0 Å². The SMILES string of the molecule is CC(=O)N(CCC(=O)Nc1ccc(Cl)cc1C)C1CCCCCC1. The summed E-state index contributed by atoms with van der Waals surface area (Å²) in [6.45, 7) is 4.00. The summed E-state index contributed by atoms with van der Waals surface area (Å²) >= 11 is 5.93. The molecular weight excluding hydrogens is 324 g/mol. The summed E-state index contributed by atoms with van der Waals surface area (Å²) in [6, 6.07) is 5.68. The molecule has 2 amide bonds. The van der Waals surface area contributed by atoms with Crippen molar-refractivity contribution < 1.29 is 9.59 Å². The Labute approximate surface area is 149 Å². The van der Waals surface area contributed by atoms with Gasteiger partial charge in [-0.3, -0.25) is 9.59 Å². The number of hydrogen-bond acceptors (Lipinski definition) is 2. The number of anilines is 1. The second-order valence-electron chi connectivity index (χ2n) is 6.62. The summed E-state index contributed by atoms with van der Waals surface area (Å²) in [5.74, 6) is -0.00216. The van der Waals surface area contributed by atoms with E-state index in [-0.39, 0.29) is 17.9 Å². The van der Waals surface area contributed by atoms with Gasteiger partial charge in [0.2, 0.25) is 11.8 Å². The van der Waals surface area contributed by atoms with Gasteiger partial charge in [-0.15, -0.1) is 0 Å². The zero-order valence-electron chi connectivity index (χ0n) is 14.6. The van der Waals surface area contributed by atoms with Crippen molar-refractivity contribution in [2.24, 2.45) is 0 Å². The number of carbonyl (C=O) groups is 2. The minimum atomic E-state index is -0.0692. The first-order chi connectivity index (χ1) is 11.5. The van der Waals surface area contributed by atoms with E-state index in [4.69, 9.17) is 11.6 Å². The second kappa shape index (κ2) is 9.07. The van der Waals surface area contributed by atoms with Gasteiger partial charge in [-0.05, 0) is 43.5 Å². The van der Waals surface area contributed by atoms with E-state index in [1.807, 2.05) is 24.0 Å². The number of carbonyl (C=O) groups excluding carboxylic acids is 2. The van der Waals surface area contributed by atoms with Gasteiger partial charge in [-0.2, -0.15) is 0 Å². The molecule has 132 valence electrons. The van der Waals surface area contributed by atoms with Crippen LogP contribution in [0.5, 0.6) is 0 Å². The molecule has 1 aromatic carbocycles. The van der Waals surface area contributed by atoms with Crippen molar-refractivity contribution in [3.05, 3.63) is 28.8 Å². The summed E-state index contributed by atoms with van der Waals surface area (Å²) in [4.78, 5) is 26.1. The Balaban J connectivity index is 1.91. The normalized spacial score (nSPS) is 15.6. The van der Waals surface area contributed by atoms with Crippen LogP contribution in [0.2, 0.25) is 5.02 Å². The first-order valence-corrected chi connectivity index (χ1v) is 9.18. The van der Waals surface area contributed by atoms with E-state index in [1.54, 1.807) is 13.0 Å². The minimum Gasteiger partial charge on any atom is -0.339 e. The molecule has 1 aromatic rings. The maximum atomic E-state index is 12.2. The Morgan fingerprint density at radius 1 is 1.21 bits per heavy atom.